The number of H-pyrrole nitrogens is 1. The number of pyridine rings is 1. The van der Waals surface area contributed by atoms with Gasteiger partial charge in [0.2, 0.25) is 0 Å². The number of nitrogens with zero attached hydrogens (tertiary/aromatic N) is 3. The number of nitrogens with one attached hydrogen (secondary N) is 1. The maximum atomic E-state index is 12.6. The Morgan fingerprint density at radius 3 is 2.73 bits per heavy atom. The fraction of sp³-hybridized carbons (Fsp3) is 0.364. The highest BCUT2D eigenvalue weighted by atomic mass is 19.4. The highest BCUT2D eigenvalue weighted by Gasteiger charge is 2.30. The first-order chi connectivity index (χ1) is 14.5. The second-order valence-corrected chi connectivity index (χ2v) is 7.43. The molecule has 30 heavy (non-hydrogen) atoms. The van der Waals surface area contributed by atoms with Crippen LogP contribution in [-0.4, -0.2) is 33.2 Å². The smallest absolute Gasteiger partial charge is 0.416 e. The Balaban J connectivity index is 1.30. The molecule has 1 fully saturated rings. The van der Waals surface area contributed by atoms with Crippen LogP contribution in [0.3, 0.4) is 0 Å². The Morgan fingerprint density at radius 2 is 2.00 bits per heavy atom. The number of rotatable bonds is 7. The van der Waals surface area contributed by atoms with E-state index in [-0.39, 0.29) is 6.04 Å². The molecule has 0 radical (unpaired) electrons. The predicted octanol–water partition coefficient (Wildman–Crippen LogP) is 4.78. The number of hydrogen-bond donors (Lipinski definition) is 1. The zero-order chi connectivity index (χ0) is 21.0. The lowest BCUT2D eigenvalue weighted by Gasteiger charge is -2.22. The lowest BCUT2D eigenvalue weighted by atomic mass is 10.1. The molecule has 5 nitrogen and oxygen atoms in total. The molecule has 2 aromatic heterocycles. The van der Waals surface area contributed by atoms with Crippen LogP contribution < -0.4 is 4.74 Å². The molecule has 1 saturated heterocycles. The maximum absolute atomic E-state index is 12.6. The summed E-state index contributed by atoms with van der Waals surface area (Å²) in [5, 5.41) is 7.56. The molecule has 1 N–H and O–H groups in total. The van der Waals surface area contributed by atoms with Gasteiger partial charge in [0.1, 0.15) is 5.75 Å². The molecule has 1 aliphatic heterocycles. The summed E-state index contributed by atoms with van der Waals surface area (Å²) in [7, 11) is 0. The summed E-state index contributed by atoms with van der Waals surface area (Å²) in [5.74, 6) is 0.418. The Bertz CT molecular complexity index is 941. The first kappa shape index (κ1) is 20.4. The Hall–Kier alpha value is -2.87. The molecule has 0 unspecified atom stereocenters. The van der Waals surface area contributed by atoms with Crippen molar-refractivity contribution < 1.29 is 17.9 Å². The minimum Gasteiger partial charge on any atom is -0.493 e. The molecule has 0 bridgehead atoms. The van der Waals surface area contributed by atoms with Gasteiger partial charge in [0, 0.05) is 31.1 Å². The second kappa shape index (κ2) is 8.87. The van der Waals surface area contributed by atoms with Crippen LogP contribution in [0.15, 0.2) is 54.9 Å². The summed E-state index contributed by atoms with van der Waals surface area (Å²) in [6.07, 6.45) is 2.12. The van der Waals surface area contributed by atoms with E-state index in [4.69, 9.17) is 4.74 Å². The van der Waals surface area contributed by atoms with E-state index in [1.165, 1.54) is 17.7 Å². The third-order valence-corrected chi connectivity index (χ3v) is 5.29. The van der Waals surface area contributed by atoms with Crippen molar-refractivity contribution in [1.82, 2.24) is 20.1 Å². The van der Waals surface area contributed by atoms with Gasteiger partial charge in [-0.1, -0.05) is 6.07 Å². The molecule has 3 aromatic rings. The third kappa shape index (κ3) is 4.99. The standard InChI is InChI=1S/C22H23F3N4O/c23-22(24,25)17-5-7-19(8-6-17)30-12-9-18-13-20(28-27-18)21-4-2-11-29(21)15-16-3-1-10-26-14-16/h1,3,5-8,10,13-14,21H,2,4,9,11-12,15H2,(H,27,28)/t21-/m1/s1. The fourth-order valence-corrected chi connectivity index (χ4v) is 3.77. The number of halogens is 3. The zero-order valence-electron chi connectivity index (χ0n) is 16.4. The minimum atomic E-state index is -4.34. The lowest BCUT2D eigenvalue weighted by molar-refractivity contribution is -0.137. The average molecular weight is 416 g/mol. The van der Waals surface area contributed by atoms with Crippen molar-refractivity contribution in [2.75, 3.05) is 13.2 Å². The van der Waals surface area contributed by atoms with Crippen LogP contribution in [0, 0.1) is 0 Å². The van der Waals surface area contributed by atoms with Gasteiger partial charge in [0.05, 0.1) is 23.9 Å². The van der Waals surface area contributed by atoms with Gasteiger partial charge < -0.3 is 4.74 Å². The topological polar surface area (TPSA) is 54.0 Å². The number of likely N-dealkylation sites (tertiary alicyclic amines) is 1. The third-order valence-electron chi connectivity index (χ3n) is 5.29. The molecule has 0 saturated carbocycles. The van der Waals surface area contributed by atoms with Crippen molar-refractivity contribution in [3.8, 4) is 5.75 Å². The van der Waals surface area contributed by atoms with E-state index in [1.807, 2.05) is 12.3 Å². The van der Waals surface area contributed by atoms with Crippen molar-refractivity contribution in [3.63, 3.8) is 0 Å². The summed E-state index contributed by atoms with van der Waals surface area (Å²) in [5.41, 5.74) is 2.47. The minimum absolute atomic E-state index is 0.269. The van der Waals surface area contributed by atoms with E-state index >= 15 is 0 Å². The van der Waals surface area contributed by atoms with E-state index in [2.05, 4.69) is 32.2 Å². The maximum Gasteiger partial charge on any atom is 0.416 e. The number of hydrogen-bond acceptors (Lipinski definition) is 4. The van der Waals surface area contributed by atoms with Crippen molar-refractivity contribution in [2.45, 2.75) is 38.0 Å². The number of ether oxygens (including phenoxy) is 1. The molecule has 3 heterocycles. The van der Waals surface area contributed by atoms with Crippen LogP contribution >= 0.6 is 0 Å². The normalized spacial score (nSPS) is 17.4. The molecule has 1 atom stereocenters. The molecule has 158 valence electrons. The Kier molecular flexibility index (Phi) is 6.03. The summed E-state index contributed by atoms with van der Waals surface area (Å²) in [6, 6.07) is 11.1. The highest BCUT2D eigenvalue weighted by molar-refractivity contribution is 5.29. The van der Waals surface area contributed by atoms with Crippen LogP contribution in [0.4, 0.5) is 13.2 Å². The van der Waals surface area contributed by atoms with Gasteiger partial charge in [-0.25, -0.2) is 0 Å². The van der Waals surface area contributed by atoms with Crippen molar-refractivity contribution in [3.05, 3.63) is 77.4 Å². The Morgan fingerprint density at radius 1 is 1.17 bits per heavy atom. The van der Waals surface area contributed by atoms with Gasteiger partial charge >= 0.3 is 6.18 Å². The second-order valence-electron chi connectivity index (χ2n) is 7.43. The summed E-state index contributed by atoms with van der Waals surface area (Å²) in [4.78, 5) is 6.60. The van der Waals surface area contributed by atoms with Crippen molar-refractivity contribution in [2.24, 2.45) is 0 Å². The largest absolute Gasteiger partial charge is 0.493 e. The molecular formula is C22H23F3N4O. The van der Waals surface area contributed by atoms with E-state index in [0.717, 1.165) is 49.5 Å². The molecule has 4 rings (SSSR count). The highest BCUT2D eigenvalue weighted by Crippen LogP contribution is 2.32. The monoisotopic (exact) mass is 416 g/mol. The molecular weight excluding hydrogens is 393 g/mol. The zero-order valence-corrected chi connectivity index (χ0v) is 16.4. The number of aromatic nitrogens is 3. The van der Waals surface area contributed by atoms with Gasteiger partial charge in [0.25, 0.3) is 0 Å². The fourth-order valence-electron chi connectivity index (χ4n) is 3.77. The van der Waals surface area contributed by atoms with Crippen LogP contribution in [0.5, 0.6) is 5.75 Å². The molecule has 8 heteroatoms. The first-order valence-electron chi connectivity index (χ1n) is 9.96. The number of aromatic amines is 1. The van der Waals surface area contributed by atoms with Crippen LogP contribution in [0.25, 0.3) is 0 Å². The molecule has 0 amide bonds. The van der Waals surface area contributed by atoms with Crippen LogP contribution in [0.2, 0.25) is 0 Å². The lowest BCUT2D eigenvalue weighted by Crippen LogP contribution is -2.23. The molecule has 1 aliphatic rings. The summed E-state index contributed by atoms with van der Waals surface area (Å²) >= 11 is 0. The summed E-state index contributed by atoms with van der Waals surface area (Å²) in [6.45, 7) is 2.23. The van der Waals surface area contributed by atoms with Crippen LogP contribution in [-0.2, 0) is 19.1 Å². The van der Waals surface area contributed by atoms with E-state index in [0.29, 0.717) is 18.8 Å². The van der Waals surface area contributed by atoms with Crippen LogP contribution in [0.1, 0.15) is 41.4 Å². The van der Waals surface area contributed by atoms with E-state index in [1.54, 1.807) is 6.20 Å². The molecule has 0 aliphatic carbocycles. The molecule has 0 spiro atoms. The SMILES string of the molecule is FC(F)(F)c1ccc(OCCc2cc([C@H]3CCCN3Cc3cccnc3)n[nH]2)cc1. The number of benzene rings is 1. The van der Waals surface area contributed by atoms with Gasteiger partial charge in [-0.05, 0) is 61.3 Å². The van der Waals surface area contributed by atoms with Gasteiger partial charge in [0.15, 0.2) is 0 Å². The van der Waals surface area contributed by atoms with E-state index < -0.39 is 11.7 Å². The predicted molar refractivity (Wildman–Crippen MR) is 106 cm³/mol. The van der Waals surface area contributed by atoms with Crippen molar-refractivity contribution >= 4 is 0 Å². The average Bonchev–Trinajstić information content (AvgIpc) is 3.38. The molecule has 1 aromatic carbocycles. The quantitative estimate of drug-likeness (QED) is 0.602. The van der Waals surface area contributed by atoms with Crippen molar-refractivity contribution in [1.29, 1.82) is 0 Å². The Labute approximate surface area is 172 Å². The van der Waals surface area contributed by atoms with Gasteiger partial charge in [-0.15, -0.1) is 0 Å². The van der Waals surface area contributed by atoms with Gasteiger partial charge in [-0.2, -0.15) is 18.3 Å². The van der Waals surface area contributed by atoms with E-state index in [9.17, 15) is 13.2 Å². The number of alkyl halides is 3. The summed E-state index contributed by atoms with van der Waals surface area (Å²) < 4.78 is 43.4. The first-order valence-corrected chi connectivity index (χ1v) is 9.96. The van der Waals surface area contributed by atoms with Gasteiger partial charge in [-0.3, -0.25) is 15.0 Å².